The molecule has 4 heterocycles. The maximum atomic E-state index is 11.0. The standard InChI is InChI=1S/C18H15N7O4.C18H17N7O2/c1-28-15-7-13-14(8-16(15)29-2)19-10-20-17(13)18-21-22-23-24(18)9-11-4-3-5-12(6-11)25(26)27;1-26-15-7-13-14(8-16(15)27-2)20-10-21-17(13)18-22-23-24-25(18)9-11-4-3-5-12(19)6-11/h3-8,10H,9H2,1-2H3;3-8,10H,9,19H2,1-2H3. The SMILES string of the molecule is COc1cc2ncnc(-c3nnnn3Cc3cccc(N)c3)c2cc1OC.COc1cc2ncnc(-c3nnnn3Cc3cccc([N+](=O)[O-])c3)c2cc1OC. The van der Waals surface area contributed by atoms with E-state index < -0.39 is 4.92 Å². The van der Waals surface area contributed by atoms with Crippen LogP contribution < -0.4 is 24.7 Å². The smallest absolute Gasteiger partial charge is 0.269 e. The number of anilines is 1. The van der Waals surface area contributed by atoms with Crippen LogP contribution in [0.15, 0.2) is 85.5 Å². The monoisotopic (exact) mass is 756 g/mol. The zero-order chi connectivity index (χ0) is 39.2. The number of fused-ring (bicyclic) bond motifs is 2. The summed E-state index contributed by atoms with van der Waals surface area (Å²) in [6, 6.07) is 21.0. The van der Waals surface area contributed by atoms with Crippen LogP contribution in [0.5, 0.6) is 23.0 Å². The third-order valence-electron chi connectivity index (χ3n) is 8.51. The minimum absolute atomic E-state index is 0.00133. The highest BCUT2D eigenvalue weighted by atomic mass is 16.6. The Morgan fingerprint density at radius 3 is 1.55 bits per heavy atom. The maximum absolute atomic E-state index is 11.0. The molecule has 0 aliphatic rings. The first-order valence-electron chi connectivity index (χ1n) is 16.6. The van der Waals surface area contributed by atoms with E-state index in [1.165, 1.54) is 29.5 Å². The molecule has 0 fully saturated rings. The zero-order valence-electron chi connectivity index (χ0n) is 30.3. The fraction of sp³-hybridized carbons (Fsp3) is 0.167. The van der Waals surface area contributed by atoms with Gasteiger partial charge >= 0.3 is 0 Å². The average Bonchev–Trinajstić information content (AvgIpc) is 3.89. The van der Waals surface area contributed by atoms with Gasteiger partial charge in [0.15, 0.2) is 23.0 Å². The molecule has 8 aromatic rings. The van der Waals surface area contributed by atoms with Gasteiger partial charge in [-0.3, -0.25) is 10.1 Å². The second-order valence-electron chi connectivity index (χ2n) is 11.9. The molecule has 4 aromatic heterocycles. The molecule has 8 rings (SSSR count). The van der Waals surface area contributed by atoms with Crippen LogP contribution in [0.25, 0.3) is 44.8 Å². The van der Waals surface area contributed by atoms with Gasteiger partial charge in [0.1, 0.15) is 24.0 Å². The number of rotatable bonds is 11. The molecule has 282 valence electrons. The van der Waals surface area contributed by atoms with Crippen molar-refractivity contribution in [2.75, 3.05) is 34.2 Å². The van der Waals surface area contributed by atoms with Gasteiger partial charge in [-0.1, -0.05) is 24.3 Å². The van der Waals surface area contributed by atoms with Gasteiger partial charge in [-0.15, -0.1) is 10.2 Å². The van der Waals surface area contributed by atoms with Gasteiger partial charge in [0.25, 0.3) is 5.69 Å². The zero-order valence-corrected chi connectivity index (χ0v) is 30.3. The summed E-state index contributed by atoms with van der Waals surface area (Å²) in [5, 5.41) is 36.4. The maximum Gasteiger partial charge on any atom is 0.269 e. The van der Waals surface area contributed by atoms with Gasteiger partial charge in [0.05, 0.1) is 57.5 Å². The van der Waals surface area contributed by atoms with E-state index in [0.29, 0.717) is 80.2 Å². The Morgan fingerprint density at radius 2 is 1.09 bits per heavy atom. The minimum atomic E-state index is -0.443. The van der Waals surface area contributed by atoms with Gasteiger partial charge < -0.3 is 24.7 Å². The van der Waals surface area contributed by atoms with E-state index in [4.69, 9.17) is 24.7 Å². The Morgan fingerprint density at radius 1 is 0.625 bits per heavy atom. The molecule has 0 saturated heterocycles. The Bertz CT molecular complexity index is 2680. The minimum Gasteiger partial charge on any atom is -0.493 e. The van der Waals surface area contributed by atoms with E-state index in [-0.39, 0.29) is 12.2 Å². The third kappa shape index (κ3) is 7.46. The molecule has 0 atom stereocenters. The number of nitro groups is 1. The first kappa shape index (κ1) is 36.5. The predicted octanol–water partition coefficient (Wildman–Crippen LogP) is 4.19. The number of nitro benzene ring substituents is 1. The van der Waals surface area contributed by atoms with Crippen molar-refractivity contribution in [1.82, 2.24) is 60.4 Å². The molecule has 0 amide bonds. The molecular formula is C36H32N14O6. The number of nitrogen functional groups attached to an aromatic ring is 1. The van der Waals surface area contributed by atoms with Gasteiger partial charge in [0, 0.05) is 40.7 Å². The Kier molecular flexibility index (Phi) is 10.4. The number of non-ortho nitro benzene ring substituents is 1. The number of tetrazole rings is 2. The van der Waals surface area contributed by atoms with E-state index in [2.05, 4.69) is 51.0 Å². The molecule has 0 aliphatic carbocycles. The largest absolute Gasteiger partial charge is 0.493 e. The molecule has 0 radical (unpaired) electrons. The van der Waals surface area contributed by atoms with Crippen LogP contribution in [-0.2, 0) is 13.1 Å². The molecule has 20 nitrogen and oxygen atoms in total. The summed E-state index contributed by atoms with van der Waals surface area (Å²) in [6.45, 7) is 0.703. The summed E-state index contributed by atoms with van der Waals surface area (Å²) in [6.07, 6.45) is 2.89. The van der Waals surface area contributed by atoms with E-state index in [1.54, 1.807) is 63.5 Å². The number of nitrogens with zero attached hydrogens (tertiary/aromatic N) is 13. The number of ether oxygens (including phenoxy) is 4. The summed E-state index contributed by atoms with van der Waals surface area (Å²) in [5.74, 6) is 3.16. The molecule has 0 aliphatic heterocycles. The lowest BCUT2D eigenvalue weighted by Gasteiger charge is -2.11. The van der Waals surface area contributed by atoms with Crippen molar-refractivity contribution in [2.45, 2.75) is 13.1 Å². The van der Waals surface area contributed by atoms with Crippen LogP contribution >= 0.6 is 0 Å². The Hall–Kier alpha value is -7.90. The van der Waals surface area contributed by atoms with Crippen molar-refractivity contribution in [3.63, 3.8) is 0 Å². The van der Waals surface area contributed by atoms with Crippen LogP contribution in [0.1, 0.15) is 11.1 Å². The van der Waals surface area contributed by atoms with Gasteiger partial charge in [0.2, 0.25) is 11.6 Å². The summed E-state index contributed by atoms with van der Waals surface area (Å²) < 4.78 is 24.6. The topological polar surface area (TPSA) is 245 Å². The van der Waals surface area contributed by atoms with E-state index in [9.17, 15) is 10.1 Å². The average molecular weight is 757 g/mol. The fourth-order valence-electron chi connectivity index (χ4n) is 5.89. The van der Waals surface area contributed by atoms with Crippen LogP contribution in [0, 0.1) is 10.1 Å². The number of hydrogen-bond acceptors (Lipinski definition) is 17. The number of aromatic nitrogens is 12. The van der Waals surface area contributed by atoms with Crippen LogP contribution in [0.3, 0.4) is 0 Å². The predicted molar refractivity (Wildman–Crippen MR) is 201 cm³/mol. The Labute approximate surface area is 317 Å². The van der Waals surface area contributed by atoms with E-state index in [0.717, 1.165) is 10.9 Å². The van der Waals surface area contributed by atoms with Crippen LogP contribution in [0.2, 0.25) is 0 Å². The van der Waals surface area contributed by atoms with Crippen molar-refractivity contribution in [3.8, 4) is 46.0 Å². The summed E-state index contributed by atoms with van der Waals surface area (Å²) in [5.41, 5.74) is 10.7. The Balaban J connectivity index is 0.000000172. The summed E-state index contributed by atoms with van der Waals surface area (Å²) in [4.78, 5) is 27.9. The molecule has 0 spiro atoms. The van der Waals surface area contributed by atoms with Crippen LogP contribution in [0.4, 0.5) is 11.4 Å². The number of hydrogen-bond donors (Lipinski definition) is 1. The van der Waals surface area contributed by atoms with E-state index >= 15 is 0 Å². The lowest BCUT2D eigenvalue weighted by Crippen LogP contribution is -2.06. The first-order valence-corrected chi connectivity index (χ1v) is 16.6. The first-order chi connectivity index (χ1) is 27.3. The van der Waals surface area contributed by atoms with Crippen molar-refractivity contribution in [2.24, 2.45) is 0 Å². The van der Waals surface area contributed by atoms with Crippen molar-refractivity contribution in [3.05, 3.63) is 107 Å². The number of nitrogens with two attached hydrogens (primary N) is 1. The molecule has 0 unspecified atom stereocenters. The lowest BCUT2D eigenvalue weighted by atomic mass is 10.1. The van der Waals surface area contributed by atoms with Crippen LogP contribution in [-0.4, -0.2) is 93.7 Å². The summed E-state index contributed by atoms with van der Waals surface area (Å²) in [7, 11) is 6.25. The van der Waals surface area contributed by atoms with Crippen molar-refractivity contribution < 1.29 is 23.9 Å². The molecule has 0 saturated carbocycles. The van der Waals surface area contributed by atoms with Crippen molar-refractivity contribution in [1.29, 1.82) is 0 Å². The van der Waals surface area contributed by atoms with Gasteiger partial charge in [-0.2, -0.15) is 0 Å². The third-order valence-corrected chi connectivity index (χ3v) is 8.51. The highest BCUT2D eigenvalue weighted by molar-refractivity contribution is 5.93. The number of methoxy groups -OCH3 is 4. The quantitative estimate of drug-likeness (QED) is 0.110. The molecule has 0 bridgehead atoms. The molecule has 4 aromatic carbocycles. The normalized spacial score (nSPS) is 10.9. The molecule has 20 heteroatoms. The van der Waals surface area contributed by atoms with Gasteiger partial charge in [-0.25, -0.2) is 29.3 Å². The van der Waals surface area contributed by atoms with Crippen molar-refractivity contribution >= 4 is 33.2 Å². The lowest BCUT2D eigenvalue weighted by molar-refractivity contribution is -0.384. The second kappa shape index (κ2) is 16.0. The fourth-order valence-corrected chi connectivity index (χ4v) is 5.89. The highest BCUT2D eigenvalue weighted by Gasteiger charge is 2.19. The molecule has 56 heavy (non-hydrogen) atoms. The number of benzene rings is 4. The molecule has 2 N–H and O–H groups in total. The highest BCUT2D eigenvalue weighted by Crippen LogP contribution is 2.36. The summed E-state index contributed by atoms with van der Waals surface area (Å²) >= 11 is 0. The van der Waals surface area contributed by atoms with E-state index in [1.807, 2.05) is 30.3 Å². The second-order valence-corrected chi connectivity index (χ2v) is 11.9. The van der Waals surface area contributed by atoms with Gasteiger partial charge in [-0.05, 0) is 56.2 Å². The molecular weight excluding hydrogens is 724 g/mol.